The Morgan fingerprint density at radius 3 is 2.32 bits per heavy atom. The maximum absolute atomic E-state index is 12.8. The van der Waals surface area contributed by atoms with Crippen molar-refractivity contribution in [1.82, 2.24) is 15.3 Å². The summed E-state index contributed by atoms with van der Waals surface area (Å²) in [5.74, 6) is 0.433. The summed E-state index contributed by atoms with van der Waals surface area (Å²) in [4.78, 5) is 23.8. The molecule has 0 saturated carbocycles. The van der Waals surface area contributed by atoms with Crippen LogP contribution < -0.4 is 15.5 Å². The molecule has 0 saturated heterocycles. The van der Waals surface area contributed by atoms with E-state index in [1.807, 2.05) is 98.7 Å². The minimum Gasteiger partial charge on any atom is -0.378 e. The zero-order chi connectivity index (χ0) is 21.8. The van der Waals surface area contributed by atoms with Gasteiger partial charge in [-0.2, -0.15) is 0 Å². The molecule has 0 fully saturated rings. The molecule has 0 aliphatic heterocycles. The number of para-hydroxylation sites is 1. The first kappa shape index (κ1) is 20.3. The third kappa shape index (κ3) is 4.80. The number of nitrogens with zero attached hydrogens (tertiary/aromatic N) is 3. The van der Waals surface area contributed by atoms with Gasteiger partial charge in [-0.25, -0.2) is 9.97 Å². The molecule has 156 valence electrons. The van der Waals surface area contributed by atoms with Crippen molar-refractivity contribution in [3.05, 3.63) is 89.7 Å². The third-order valence-electron chi connectivity index (χ3n) is 5.03. The van der Waals surface area contributed by atoms with E-state index in [4.69, 9.17) is 0 Å². The normalized spacial score (nSPS) is 10.7. The van der Waals surface area contributed by atoms with Crippen molar-refractivity contribution in [3.63, 3.8) is 0 Å². The summed E-state index contributed by atoms with van der Waals surface area (Å²) in [5, 5.41) is 7.11. The van der Waals surface area contributed by atoms with Gasteiger partial charge in [0.25, 0.3) is 5.91 Å². The summed E-state index contributed by atoms with van der Waals surface area (Å²) in [6.45, 7) is 2.45. The quantitative estimate of drug-likeness (QED) is 0.482. The standard InChI is InChI=1S/C25H25N5O/c1-17-8-12-19(13-9-17)27-23-21-6-4-5-7-22(21)28-24(29-23)25(31)26-16-18-10-14-20(15-11-18)30(2)3/h4-15H,16H2,1-3H3,(H,26,31)(H,27,28,29). The summed E-state index contributed by atoms with van der Waals surface area (Å²) < 4.78 is 0. The maximum atomic E-state index is 12.8. The smallest absolute Gasteiger partial charge is 0.289 e. The largest absolute Gasteiger partial charge is 0.378 e. The van der Waals surface area contributed by atoms with Crippen molar-refractivity contribution in [1.29, 1.82) is 0 Å². The summed E-state index contributed by atoms with van der Waals surface area (Å²) in [7, 11) is 3.99. The molecule has 6 heteroatoms. The van der Waals surface area contributed by atoms with E-state index in [0.29, 0.717) is 17.9 Å². The molecule has 2 N–H and O–H groups in total. The Labute approximate surface area is 182 Å². The Morgan fingerprint density at radius 1 is 0.903 bits per heavy atom. The van der Waals surface area contributed by atoms with E-state index < -0.39 is 0 Å². The molecular formula is C25H25N5O. The van der Waals surface area contributed by atoms with Crippen LogP contribution in [0.25, 0.3) is 10.9 Å². The van der Waals surface area contributed by atoms with Gasteiger partial charge in [0.05, 0.1) is 5.52 Å². The predicted octanol–water partition coefficient (Wildman–Crippen LogP) is 4.68. The van der Waals surface area contributed by atoms with Crippen molar-refractivity contribution in [2.75, 3.05) is 24.3 Å². The molecule has 31 heavy (non-hydrogen) atoms. The SMILES string of the molecule is Cc1ccc(Nc2nc(C(=O)NCc3ccc(N(C)C)cc3)nc3ccccc23)cc1. The molecule has 3 aromatic carbocycles. The van der Waals surface area contributed by atoms with Crippen LogP contribution in [0.5, 0.6) is 0 Å². The number of amides is 1. The number of carbonyl (C=O) groups excluding carboxylic acids is 1. The molecule has 0 unspecified atom stereocenters. The zero-order valence-corrected chi connectivity index (χ0v) is 17.9. The van der Waals surface area contributed by atoms with E-state index in [-0.39, 0.29) is 11.7 Å². The molecule has 6 nitrogen and oxygen atoms in total. The van der Waals surface area contributed by atoms with Gasteiger partial charge in [-0.05, 0) is 48.9 Å². The van der Waals surface area contributed by atoms with Crippen molar-refractivity contribution in [3.8, 4) is 0 Å². The fraction of sp³-hybridized carbons (Fsp3) is 0.160. The van der Waals surface area contributed by atoms with Gasteiger partial charge in [-0.15, -0.1) is 0 Å². The van der Waals surface area contributed by atoms with Crippen LogP contribution in [0, 0.1) is 6.92 Å². The van der Waals surface area contributed by atoms with Gasteiger partial charge in [0.2, 0.25) is 5.82 Å². The number of aryl methyl sites for hydroxylation is 1. The first-order valence-corrected chi connectivity index (χ1v) is 10.1. The van der Waals surface area contributed by atoms with Crippen molar-refractivity contribution >= 4 is 34.0 Å². The average molecular weight is 412 g/mol. The van der Waals surface area contributed by atoms with Crippen molar-refractivity contribution in [2.45, 2.75) is 13.5 Å². The van der Waals surface area contributed by atoms with Crippen LogP contribution >= 0.6 is 0 Å². The highest BCUT2D eigenvalue weighted by Crippen LogP contribution is 2.24. The van der Waals surface area contributed by atoms with Crippen molar-refractivity contribution in [2.24, 2.45) is 0 Å². The topological polar surface area (TPSA) is 70.2 Å². The lowest BCUT2D eigenvalue weighted by atomic mass is 10.2. The van der Waals surface area contributed by atoms with Gasteiger partial charge < -0.3 is 15.5 Å². The number of hydrogen-bond donors (Lipinski definition) is 2. The highest BCUT2D eigenvalue weighted by Gasteiger charge is 2.14. The molecule has 0 aliphatic rings. The second kappa shape index (κ2) is 8.83. The lowest BCUT2D eigenvalue weighted by molar-refractivity contribution is 0.0941. The van der Waals surface area contributed by atoms with Crippen LogP contribution in [0.3, 0.4) is 0 Å². The van der Waals surface area contributed by atoms with E-state index in [1.165, 1.54) is 5.56 Å². The first-order valence-electron chi connectivity index (χ1n) is 10.1. The molecule has 4 rings (SSSR count). The monoisotopic (exact) mass is 411 g/mol. The number of fused-ring (bicyclic) bond motifs is 1. The Balaban J connectivity index is 1.56. The number of benzene rings is 3. The van der Waals surface area contributed by atoms with Crippen LogP contribution in [0.15, 0.2) is 72.8 Å². The molecule has 0 spiro atoms. The van der Waals surface area contributed by atoms with E-state index in [2.05, 4.69) is 20.6 Å². The lowest BCUT2D eigenvalue weighted by Gasteiger charge is -2.13. The van der Waals surface area contributed by atoms with E-state index in [9.17, 15) is 4.79 Å². The zero-order valence-electron chi connectivity index (χ0n) is 17.9. The van der Waals surface area contributed by atoms with Crippen LogP contribution in [-0.4, -0.2) is 30.0 Å². The van der Waals surface area contributed by atoms with Crippen LogP contribution in [-0.2, 0) is 6.54 Å². The third-order valence-corrected chi connectivity index (χ3v) is 5.03. The fourth-order valence-electron chi connectivity index (χ4n) is 3.22. The second-order valence-electron chi connectivity index (χ2n) is 7.65. The van der Waals surface area contributed by atoms with Gasteiger partial charge >= 0.3 is 0 Å². The Hall–Kier alpha value is -3.93. The number of nitrogens with one attached hydrogen (secondary N) is 2. The van der Waals surface area contributed by atoms with E-state index in [0.717, 1.165) is 22.3 Å². The van der Waals surface area contributed by atoms with Gasteiger partial charge in [0.15, 0.2) is 0 Å². The molecular weight excluding hydrogens is 386 g/mol. The van der Waals surface area contributed by atoms with Gasteiger partial charge in [-0.3, -0.25) is 4.79 Å². The predicted molar refractivity (Wildman–Crippen MR) is 126 cm³/mol. The van der Waals surface area contributed by atoms with Crippen LogP contribution in [0.1, 0.15) is 21.7 Å². The summed E-state index contributed by atoms with van der Waals surface area (Å²) in [5.41, 5.74) is 4.92. The fourth-order valence-corrected chi connectivity index (χ4v) is 3.22. The van der Waals surface area contributed by atoms with Crippen LogP contribution in [0.4, 0.5) is 17.2 Å². The number of rotatable bonds is 6. The molecule has 1 amide bonds. The average Bonchev–Trinajstić information content (AvgIpc) is 2.79. The molecule has 0 bridgehead atoms. The number of carbonyl (C=O) groups is 1. The summed E-state index contributed by atoms with van der Waals surface area (Å²) in [6.07, 6.45) is 0. The molecule has 1 heterocycles. The molecule has 1 aromatic heterocycles. The molecule has 0 aliphatic carbocycles. The van der Waals surface area contributed by atoms with Crippen LogP contribution in [0.2, 0.25) is 0 Å². The minimum absolute atomic E-state index is 0.137. The minimum atomic E-state index is -0.311. The van der Waals surface area contributed by atoms with Crippen molar-refractivity contribution < 1.29 is 4.79 Å². The number of hydrogen-bond acceptors (Lipinski definition) is 5. The Kier molecular flexibility index (Phi) is 5.80. The maximum Gasteiger partial charge on any atom is 0.289 e. The van der Waals surface area contributed by atoms with E-state index >= 15 is 0 Å². The van der Waals surface area contributed by atoms with Gasteiger partial charge in [0.1, 0.15) is 5.82 Å². The van der Waals surface area contributed by atoms with Gasteiger partial charge in [-0.1, -0.05) is 42.0 Å². The molecule has 4 aromatic rings. The molecule has 0 atom stereocenters. The lowest BCUT2D eigenvalue weighted by Crippen LogP contribution is -2.25. The number of anilines is 3. The summed E-state index contributed by atoms with van der Waals surface area (Å²) in [6, 6.07) is 23.8. The summed E-state index contributed by atoms with van der Waals surface area (Å²) >= 11 is 0. The highest BCUT2D eigenvalue weighted by atomic mass is 16.2. The second-order valence-corrected chi connectivity index (χ2v) is 7.65. The van der Waals surface area contributed by atoms with Gasteiger partial charge in [0, 0.05) is 37.4 Å². The Bertz CT molecular complexity index is 1200. The number of aromatic nitrogens is 2. The Morgan fingerprint density at radius 2 is 1.61 bits per heavy atom. The molecule has 0 radical (unpaired) electrons. The highest BCUT2D eigenvalue weighted by molar-refractivity contribution is 5.97. The first-order chi connectivity index (χ1) is 15.0. The van der Waals surface area contributed by atoms with E-state index in [1.54, 1.807) is 0 Å².